The molecule has 0 aromatic heterocycles. The van der Waals surface area contributed by atoms with Crippen molar-refractivity contribution in [3.63, 3.8) is 0 Å². The van der Waals surface area contributed by atoms with Crippen molar-refractivity contribution in [2.45, 2.75) is 136 Å². The third-order valence-electron chi connectivity index (χ3n) is 5.20. The van der Waals surface area contributed by atoms with Crippen LogP contribution in [0, 0.1) is 0 Å². The Morgan fingerprint density at radius 2 is 0.690 bits per heavy atom. The molecule has 0 aromatic rings. The van der Waals surface area contributed by atoms with Crippen molar-refractivity contribution in [3.05, 3.63) is 0 Å². The molecule has 0 aromatic carbocycles. The van der Waals surface area contributed by atoms with E-state index in [2.05, 4.69) is 0 Å². The Labute approximate surface area is 180 Å². The lowest BCUT2D eigenvalue weighted by Crippen LogP contribution is -2.04. The maximum Gasteiger partial charge on any atom is 0.305 e. The van der Waals surface area contributed by atoms with Gasteiger partial charge in [-0.2, -0.15) is 0 Å². The number of carbonyl (C=O) groups is 2. The highest BCUT2D eigenvalue weighted by molar-refractivity contribution is 5.69. The first-order chi connectivity index (χ1) is 14.2. The average Bonchev–Trinajstić information content (AvgIpc) is 2.72. The van der Waals surface area contributed by atoms with E-state index in [0.29, 0.717) is 26.1 Å². The van der Waals surface area contributed by atoms with Crippen molar-refractivity contribution in [3.8, 4) is 0 Å². The van der Waals surface area contributed by atoms with Crippen LogP contribution in [-0.2, 0) is 19.1 Å². The average molecular weight is 413 g/mol. The van der Waals surface area contributed by atoms with Crippen LogP contribution < -0.4 is 0 Å². The summed E-state index contributed by atoms with van der Waals surface area (Å²) in [4.78, 5) is 22.7. The molecule has 172 valence electrons. The van der Waals surface area contributed by atoms with Crippen LogP contribution in [0.25, 0.3) is 0 Å². The fraction of sp³-hybridized carbons (Fsp3) is 0.920. The summed E-state index contributed by atoms with van der Waals surface area (Å²) in [5.41, 5.74) is 0. The molecule has 4 heteroatoms. The number of ether oxygens (including phenoxy) is 2. The largest absolute Gasteiger partial charge is 0.466 e. The Balaban J connectivity index is 3.12. The summed E-state index contributed by atoms with van der Waals surface area (Å²) in [7, 11) is 0. The van der Waals surface area contributed by atoms with Crippen LogP contribution in [-0.4, -0.2) is 25.2 Å². The zero-order valence-electron chi connectivity index (χ0n) is 19.5. The molecule has 0 bridgehead atoms. The van der Waals surface area contributed by atoms with Gasteiger partial charge < -0.3 is 9.47 Å². The molecule has 0 radical (unpaired) electrons. The highest BCUT2D eigenvalue weighted by Gasteiger charge is 2.02. The van der Waals surface area contributed by atoms with Gasteiger partial charge in [0.2, 0.25) is 0 Å². The normalized spacial score (nSPS) is 10.8. The number of hydrogen-bond donors (Lipinski definition) is 0. The van der Waals surface area contributed by atoms with Gasteiger partial charge in [0.25, 0.3) is 0 Å². The fourth-order valence-electron chi connectivity index (χ4n) is 3.41. The second-order valence-electron chi connectivity index (χ2n) is 8.24. The van der Waals surface area contributed by atoms with Gasteiger partial charge in [0, 0.05) is 12.8 Å². The van der Waals surface area contributed by atoms with Gasteiger partial charge in [-0.1, -0.05) is 97.3 Å². The van der Waals surface area contributed by atoms with E-state index in [1.54, 1.807) is 0 Å². The van der Waals surface area contributed by atoms with Gasteiger partial charge >= 0.3 is 11.9 Å². The zero-order valence-corrected chi connectivity index (χ0v) is 19.5. The molecule has 0 spiro atoms. The van der Waals surface area contributed by atoms with Crippen molar-refractivity contribution < 1.29 is 19.1 Å². The van der Waals surface area contributed by atoms with Crippen molar-refractivity contribution in [2.75, 3.05) is 13.2 Å². The van der Waals surface area contributed by atoms with Crippen LogP contribution in [0.15, 0.2) is 0 Å². The maximum atomic E-state index is 11.4. The van der Waals surface area contributed by atoms with Crippen LogP contribution >= 0.6 is 0 Å². The van der Waals surface area contributed by atoms with Crippen LogP contribution in [0.4, 0.5) is 0 Å². The van der Waals surface area contributed by atoms with Gasteiger partial charge in [-0.3, -0.25) is 9.59 Å². The minimum atomic E-state index is -0.0287. The first-order valence-electron chi connectivity index (χ1n) is 12.5. The van der Waals surface area contributed by atoms with E-state index in [4.69, 9.17) is 9.47 Å². The predicted molar refractivity (Wildman–Crippen MR) is 121 cm³/mol. The van der Waals surface area contributed by atoms with Gasteiger partial charge in [-0.15, -0.1) is 0 Å². The Kier molecular flexibility index (Phi) is 22.4. The van der Waals surface area contributed by atoms with E-state index < -0.39 is 0 Å². The molecule has 0 heterocycles. The van der Waals surface area contributed by atoms with E-state index in [9.17, 15) is 9.59 Å². The quantitative estimate of drug-likeness (QED) is 0.136. The van der Waals surface area contributed by atoms with E-state index in [-0.39, 0.29) is 11.9 Å². The monoisotopic (exact) mass is 412 g/mol. The second kappa shape index (κ2) is 23.2. The Hall–Kier alpha value is -1.06. The molecule has 0 atom stereocenters. The number of carbonyl (C=O) groups excluding carboxylic acids is 2. The second-order valence-corrected chi connectivity index (χ2v) is 8.24. The maximum absolute atomic E-state index is 11.4. The molecule has 29 heavy (non-hydrogen) atoms. The third kappa shape index (κ3) is 23.1. The molecule has 0 fully saturated rings. The van der Waals surface area contributed by atoms with Crippen molar-refractivity contribution in [2.24, 2.45) is 0 Å². The van der Waals surface area contributed by atoms with E-state index in [1.165, 1.54) is 70.6 Å². The third-order valence-corrected chi connectivity index (χ3v) is 5.20. The molecule has 0 amide bonds. The van der Waals surface area contributed by atoms with Gasteiger partial charge in [-0.05, 0) is 25.7 Å². The molecule has 4 nitrogen and oxygen atoms in total. The van der Waals surface area contributed by atoms with Crippen molar-refractivity contribution in [1.29, 1.82) is 0 Å². The lowest BCUT2D eigenvalue weighted by atomic mass is 10.0. The first-order valence-corrected chi connectivity index (χ1v) is 12.5. The SMILES string of the molecule is CCCOC(=O)CCCCCCCCCCCCCCCCCC(=O)OCCC. The molecule has 0 saturated heterocycles. The van der Waals surface area contributed by atoms with E-state index in [0.717, 1.165) is 38.5 Å². The van der Waals surface area contributed by atoms with E-state index in [1.807, 2.05) is 13.8 Å². The minimum Gasteiger partial charge on any atom is -0.466 e. The number of unbranched alkanes of at least 4 members (excludes halogenated alkanes) is 14. The lowest BCUT2D eigenvalue weighted by molar-refractivity contribution is -0.144. The summed E-state index contributed by atoms with van der Waals surface area (Å²) in [5.74, 6) is -0.0575. The lowest BCUT2D eigenvalue weighted by Gasteiger charge is -2.04. The van der Waals surface area contributed by atoms with Crippen LogP contribution in [0.5, 0.6) is 0 Å². The molecule has 0 unspecified atom stereocenters. The molecule has 0 N–H and O–H groups in total. The van der Waals surface area contributed by atoms with Gasteiger partial charge in [0.05, 0.1) is 13.2 Å². The molecule has 0 saturated carbocycles. The predicted octanol–water partition coefficient (Wildman–Crippen LogP) is 7.52. The summed E-state index contributed by atoms with van der Waals surface area (Å²) in [6, 6.07) is 0. The highest BCUT2D eigenvalue weighted by atomic mass is 16.5. The smallest absolute Gasteiger partial charge is 0.305 e. The van der Waals surface area contributed by atoms with Crippen molar-refractivity contribution in [1.82, 2.24) is 0 Å². The molecule has 0 aliphatic rings. The minimum absolute atomic E-state index is 0.0287. The number of hydrogen-bond acceptors (Lipinski definition) is 4. The first kappa shape index (κ1) is 27.9. The van der Waals surface area contributed by atoms with Crippen LogP contribution in [0.2, 0.25) is 0 Å². The fourth-order valence-corrected chi connectivity index (χ4v) is 3.41. The summed E-state index contributed by atoms with van der Waals surface area (Å²) in [5, 5.41) is 0. The summed E-state index contributed by atoms with van der Waals surface area (Å²) < 4.78 is 10.2. The highest BCUT2D eigenvalue weighted by Crippen LogP contribution is 2.14. The van der Waals surface area contributed by atoms with E-state index >= 15 is 0 Å². The van der Waals surface area contributed by atoms with Crippen LogP contribution in [0.1, 0.15) is 136 Å². The molecular weight excluding hydrogens is 364 g/mol. The van der Waals surface area contributed by atoms with Gasteiger partial charge in [0.15, 0.2) is 0 Å². The van der Waals surface area contributed by atoms with Gasteiger partial charge in [-0.25, -0.2) is 0 Å². The summed E-state index contributed by atoms with van der Waals surface area (Å²) in [6.07, 6.45) is 21.8. The Morgan fingerprint density at radius 3 is 0.931 bits per heavy atom. The summed E-state index contributed by atoms with van der Waals surface area (Å²) >= 11 is 0. The topological polar surface area (TPSA) is 52.6 Å². The number of esters is 2. The summed E-state index contributed by atoms with van der Waals surface area (Å²) in [6.45, 7) is 5.17. The molecular formula is C25H48O4. The standard InChI is InChI=1S/C25H48O4/c1-3-22-28-24(26)20-18-16-14-12-10-8-6-5-7-9-11-13-15-17-19-21-25(27)29-23-4-2/h3-23H2,1-2H3. The Bertz CT molecular complexity index is 334. The molecule has 0 rings (SSSR count). The molecule has 0 aliphatic heterocycles. The molecule has 0 aliphatic carbocycles. The van der Waals surface area contributed by atoms with Crippen molar-refractivity contribution >= 4 is 11.9 Å². The van der Waals surface area contributed by atoms with Crippen LogP contribution in [0.3, 0.4) is 0 Å². The zero-order chi connectivity index (χ0) is 21.4. The number of rotatable bonds is 22. The van der Waals surface area contributed by atoms with Gasteiger partial charge in [0.1, 0.15) is 0 Å². The Morgan fingerprint density at radius 1 is 0.448 bits per heavy atom.